The lowest BCUT2D eigenvalue weighted by atomic mass is 9.89. The standard InChI is InChI=1S/C23H41N3O4.C3H8O2/c1-23(24-16-22(28)26-11-3-4-12-26)9-13-25(14-10-23)17-20(6-5-15-27)30-18-21(29-2)19-7-8-19;1-3(2,4)5/h20,24,27H,3-18H2,1-2H3;4-5H,1-2H3. The van der Waals surface area contributed by atoms with Gasteiger partial charge in [0.2, 0.25) is 5.91 Å². The fourth-order valence-corrected chi connectivity index (χ4v) is 4.45. The SMILES string of the molecule is CC(C)(O)O.COC(COC(CCCO)CN1CCC(C)(NCC(=O)N2CCCC2)CC1)=C1CC1. The van der Waals surface area contributed by atoms with E-state index in [9.17, 15) is 9.90 Å². The summed E-state index contributed by atoms with van der Waals surface area (Å²) < 4.78 is 11.7. The Morgan fingerprint density at radius 1 is 1.14 bits per heavy atom. The van der Waals surface area contributed by atoms with Gasteiger partial charge in [-0.1, -0.05) is 0 Å². The molecule has 0 radical (unpaired) electrons. The first kappa shape index (κ1) is 30.0. The van der Waals surface area contributed by atoms with Crippen LogP contribution in [0.3, 0.4) is 0 Å². The van der Waals surface area contributed by atoms with E-state index in [1.807, 2.05) is 4.90 Å². The van der Waals surface area contributed by atoms with Gasteiger partial charge in [0.25, 0.3) is 0 Å². The van der Waals surface area contributed by atoms with Gasteiger partial charge >= 0.3 is 0 Å². The van der Waals surface area contributed by atoms with Crippen LogP contribution in [0.5, 0.6) is 0 Å². The van der Waals surface area contributed by atoms with Crippen LogP contribution < -0.4 is 5.32 Å². The van der Waals surface area contributed by atoms with Crippen LogP contribution >= 0.6 is 0 Å². The molecule has 1 amide bonds. The van der Waals surface area contributed by atoms with Crippen LogP contribution in [0.1, 0.15) is 72.1 Å². The Hall–Kier alpha value is -1.23. The zero-order valence-corrected chi connectivity index (χ0v) is 22.4. The summed E-state index contributed by atoms with van der Waals surface area (Å²) in [7, 11) is 1.72. The normalized spacial score (nSPS) is 20.8. The van der Waals surface area contributed by atoms with Gasteiger partial charge in [-0.2, -0.15) is 0 Å². The van der Waals surface area contributed by atoms with Gasteiger partial charge in [-0.3, -0.25) is 4.79 Å². The van der Waals surface area contributed by atoms with Crippen LogP contribution in [0.25, 0.3) is 0 Å². The van der Waals surface area contributed by atoms with Gasteiger partial charge in [-0.05, 0) is 90.8 Å². The number of ether oxygens (including phenoxy) is 2. The zero-order valence-electron chi connectivity index (χ0n) is 22.4. The molecule has 2 aliphatic heterocycles. The number of aliphatic hydroxyl groups is 3. The van der Waals surface area contributed by atoms with E-state index in [2.05, 4.69) is 17.1 Å². The number of hydrogen-bond acceptors (Lipinski definition) is 8. The summed E-state index contributed by atoms with van der Waals surface area (Å²) in [5.74, 6) is -0.269. The van der Waals surface area contributed by atoms with E-state index >= 15 is 0 Å². The summed E-state index contributed by atoms with van der Waals surface area (Å²) in [6, 6.07) is 0. The average Bonchev–Trinajstić information content (AvgIpc) is 3.48. The van der Waals surface area contributed by atoms with Crippen LogP contribution in [-0.2, 0) is 14.3 Å². The summed E-state index contributed by atoms with van der Waals surface area (Å²) in [6.07, 6.45) is 8.32. The minimum atomic E-state index is -1.50. The Labute approximate surface area is 211 Å². The number of amides is 1. The van der Waals surface area contributed by atoms with Crippen LogP contribution in [0.4, 0.5) is 0 Å². The highest BCUT2D eigenvalue weighted by Gasteiger charge is 2.32. The molecule has 1 saturated carbocycles. The second kappa shape index (κ2) is 14.5. The van der Waals surface area contributed by atoms with Crippen molar-refractivity contribution >= 4 is 5.91 Å². The molecule has 0 aromatic heterocycles. The summed E-state index contributed by atoms with van der Waals surface area (Å²) in [5.41, 5.74) is 1.40. The van der Waals surface area contributed by atoms with Crippen molar-refractivity contribution in [2.75, 3.05) is 59.6 Å². The average molecular weight is 500 g/mol. The molecule has 0 spiro atoms. The summed E-state index contributed by atoms with van der Waals surface area (Å²) in [5, 5.41) is 28.9. The molecular weight excluding hydrogens is 450 g/mol. The van der Waals surface area contributed by atoms with Gasteiger partial charge in [0.15, 0.2) is 5.79 Å². The van der Waals surface area contributed by atoms with Crippen LogP contribution in [-0.4, -0.2) is 108 Å². The number of methoxy groups -OCH3 is 1. The number of piperidine rings is 1. The Balaban J connectivity index is 0.000000784. The van der Waals surface area contributed by atoms with Gasteiger partial charge in [-0.15, -0.1) is 0 Å². The maximum Gasteiger partial charge on any atom is 0.236 e. The predicted octanol–water partition coefficient (Wildman–Crippen LogP) is 1.61. The summed E-state index contributed by atoms with van der Waals surface area (Å²) >= 11 is 0. The smallest absolute Gasteiger partial charge is 0.236 e. The lowest BCUT2D eigenvalue weighted by molar-refractivity contribution is -0.130. The van der Waals surface area contributed by atoms with Crippen molar-refractivity contribution < 1.29 is 29.6 Å². The number of nitrogens with one attached hydrogen (secondary N) is 1. The molecule has 1 unspecified atom stereocenters. The lowest BCUT2D eigenvalue weighted by Crippen LogP contribution is -2.54. The number of carbonyl (C=O) groups is 1. The van der Waals surface area contributed by atoms with Gasteiger partial charge < -0.3 is 39.9 Å². The second-order valence-corrected chi connectivity index (χ2v) is 10.8. The third kappa shape index (κ3) is 12.5. The molecule has 3 rings (SSSR count). The summed E-state index contributed by atoms with van der Waals surface area (Å²) in [6.45, 7) is 10.7. The van der Waals surface area contributed by atoms with Gasteiger partial charge in [0, 0.05) is 31.8 Å². The van der Waals surface area contributed by atoms with E-state index in [-0.39, 0.29) is 24.2 Å². The number of nitrogens with zero attached hydrogens (tertiary/aromatic N) is 2. The molecule has 0 aromatic rings. The highest BCUT2D eigenvalue weighted by molar-refractivity contribution is 5.78. The van der Waals surface area contributed by atoms with E-state index in [1.165, 1.54) is 19.4 Å². The van der Waals surface area contributed by atoms with E-state index in [0.717, 1.165) is 89.8 Å². The van der Waals surface area contributed by atoms with E-state index < -0.39 is 5.79 Å². The predicted molar refractivity (Wildman–Crippen MR) is 136 cm³/mol. The largest absolute Gasteiger partial charge is 0.499 e. The Kier molecular flexibility index (Phi) is 12.4. The van der Waals surface area contributed by atoms with Crippen molar-refractivity contribution in [3.05, 3.63) is 11.3 Å². The molecule has 2 heterocycles. The maximum absolute atomic E-state index is 12.3. The van der Waals surface area contributed by atoms with Crippen LogP contribution in [0.2, 0.25) is 0 Å². The highest BCUT2D eigenvalue weighted by Crippen LogP contribution is 2.32. The first-order valence-electron chi connectivity index (χ1n) is 13.2. The van der Waals surface area contributed by atoms with Gasteiger partial charge in [0.1, 0.15) is 12.4 Å². The van der Waals surface area contributed by atoms with Crippen LogP contribution in [0, 0.1) is 0 Å². The number of rotatable bonds is 12. The highest BCUT2D eigenvalue weighted by atomic mass is 16.5. The molecule has 1 aliphatic carbocycles. The quantitative estimate of drug-likeness (QED) is 0.237. The van der Waals surface area contributed by atoms with E-state index in [0.29, 0.717) is 13.2 Å². The monoisotopic (exact) mass is 499 g/mol. The molecule has 204 valence electrons. The molecule has 2 saturated heterocycles. The Morgan fingerprint density at radius 3 is 2.26 bits per heavy atom. The Bertz CT molecular complexity index is 652. The molecule has 3 aliphatic rings. The van der Waals surface area contributed by atoms with Gasteiger partial charge in [0.05, 0.1) is 19.8 Å². The number of carbonyl (C=O) groups excluding carboxylic acids is 1. The number of allylic oxidation sites excluding steroid dienone is 1. The van der Waals surface area contributed by atoms with Crippen molar-refractivity contribution in [1.29, 1.82) is 0 Å². The summed E-state index contributed by atoms with van der Waals surface area (Å²) in [4.78, 5) is 16.8. The van der Waals surface area contributed by atoms with E-state index in [4.69, 9.17) is 19.7 Å². The molecule has 0 bridgehead atoms. The number of likely N-dealkylation sites (tertiary alicyclic amines) is 2. The molecule has 9 nitrogen and oxygen atoms in total. The molecule has 0 aromatic carbocycles. The molecule has 4 N–H and O–H groups in total. The molecule has 1 atom stereocenters. The van der Waals surface area contributed by atoms with Crippen molar-refractivity contribution in [3.63, 3.8) is 0 Å². The Morgan fingerprint density at radius 2 is 1.74 bits per heavy atom. The van der Waals surface area contributed by atoms with Crippen molar-refractivity contribution in [2.45, 2.75) is 89.6 Å². The third-order valence-corrected chi connectivity index (χ3v) is 6.82. The maximum atomic E-state index is 12.3. The molecular formula is C26H49N3O6. The molecule has 35 heavy (non-hydrogen) atoms. The first-order chi connectivity index (χ1) is 16.5. The first-order valence-corrected chi connectivity index (χ1v) is 13.2. The minimum Gasteiger partial charge on any atom is -0.499 e. The third-order valence-electron chi connectivity index (χ3n) is 6.82. The molecule has 3 fully saturated rings. The lowest BCUT2D eigenvalue weighted by Gasteiger charge is -2.41. The van der Waals surface area contributed by atoms with Crippen molar-refractivity contribution in [3.8, 4) is 0 Å². The van der Waals surface area contributed by atoms with Gasteiger partial charge in [-0.25, -0.2) is 0 Å². The minimum absolute atomic E-state index is 0.0208. The zero-order chi connectivity index (χ0) is 25.9. The number of hydrogen-bond donors (Lipinski definition) is 4. The number of aliphatic hydroxyl groups excluding tert-OH is 1. The van der Waals surface area contributed by atoms with Crippen molar-refractivity contribution in [1.82, 2.24) is 15.1 Å². The molecule has 9 heteroatoms. The fraction of sp³-hybridized carbons (Fsp3) is 0.885. The van der Waals surface area contributed by atoms with Crippen LogP contribution in [0.15, 0.2) is 11.3 Å². The van der Waals surface area contributed by atoms with E-state index in [1.54, 1.807) is 7.11 Å². The van der Waals surface area contributed by atoms with Crippen molar-refractivity contribution in [2.24, 2.45) is 0 Å². The fourth-order valence-electron chi connectivity index (χ4n) is 4.45. The topological polar surface area (TPSA) is 115 Å². The second-order valence-electron chi connectivity index (χ2n) is 10.8.